The van der Waals surface area contributed by atoms with E-state index in [-0.39, 0.29) is 18.0 Å². The first kappa shape index (κ1) is 20.6. The third kappa shape index (κ3) is 4.71. The Kier molecular flexibility index (Phi) is 6.44. The van der Waals surface area contributed by atoms with Gasteiger partial charge in [-0.1, -0.05) is 18.2 Å². The zero-order valence-electron chi connectivity index (χ0n) is 16.8. The molecular formula is C22H24N4O2S2. The van der Waals surface area contributed by atoms with Crippen molar-refractivity contribution in [2.75, 3.05) is 18.4 Å². The minimum Gasteiger partial charge on any atom is -0.336 e. The largest absolute Gasteiger partial charge is 0.336 e. The van der Waals surface area contributed by atoms with Crippen LogP contribution >= 0.6 is 22.7 Å². The van der Waals surface area contributed by atoms with E-state index < -0.39 is 0 Å². The normalized spacial score (nSPS) is 16.3. The van der Waals surface area contributed by atoms with Gasteiger partial charge in [-0.2, -0.15) is 11.3 Å². The van der Waals surface area contributed by atoms with E-state index >= 15 is 0 Å². The number of anilines is 1. The summed E-state index contributed by atoms with van der Waals surface area (Å²) in [5.74, 6) is 0.0152. The molecule has 1 saturated heterocycles. The van der Waals surface area contributed by atoms with Crippen LogP contribution < -0.4 is 10.6 Å². The fraction of sp³-hybridized carbons (Fsp3) is 0.318. The van der Waals surface area contributed by atoms with Gasteiger partial charge in [0.25, 0.3) is 5.91 Å². The van der Waals surface area contributed by atoms with Crippen molar-refractivity contribution in [3.05, 3.63) is 57.7 Å². The predicted molar refractivity (Wildman–Crippen MR) is 122 cm³/mol. The fourth-order valence-corrected chi connectivity index (χ4v) is 5.36. The highest BCUT2D eigenvalue weighted by Gasteiger charge is 2.30. The third-order valence-corrected chi connectivity index (χ3v) is 7.05. The molecule has 0 bridgehead atoms. The number of carbonyl (C=O) groups is 2. The molecule has 0 saturated carbocycles. The van der Waals surface area contributed by atoms with Gasteiger partial charge in [-0.05, 0) is 49.8 Å². The number of thiazole rings is 1. The van der Waals surface area contributed by atoms with E-state index in [9.17, 15) is 9.59 Å². The van der Waals surface area contributed by atoms with Gasteiger partial charge in [-0.3, -0.25) is 4.79 Å². The minimum atomic E-state index is -0.257. The lowest BCUT2D eigenvalue weighted by Gasteiger charge is -2.35. The molecule has 6 nitrogen and oxygen atoms in total. The van der Waals surface area contributed by atoms with Crippen molar-refractivity contribution in [1.29, 1.82) is 0 Å². The van der Waals surface area contributed by atoms with Crippen molar-refractivity contribution in [2.45, 2.75) is 32.2 Å². The number of rotatable bonds is 5. The maximum Gasteiger partial charge on any atom is 0.319 e. The number of hydrogen-bond donors (Lipinski definition) is 2. The van der Waals surface area contributed by atoms with Crippen LogP contribution in [0, 0.1) is 6.92 Å². The van der Waals surface area contributed by atoms with Gasteiger partial charge < -0.3 is 15.5 Å². The number of thiophene rings is 1. The predicted octanol–water partition coefficient (Wildman–Crippen LogP) is 5.00. The molecule has 0 radical (unpaired) electrons. The molecule has 1 unspecified atom stereocenters. The molecule has 0 aliphatic carbocycles. The average Bonchev–Trinajstić information content (AvgIpc) is 3.42. The standard InChI is InChI=1S/C22H24N4O2S2/c1-15-19(30-20(24-15)16-10-12-29-14-16)21(27)26-11-6-5-9-18(26)13-23-22(28)25-17-7-3-2-4-8-17/h2-4,7-8,10,12,14,18H,5-6,9,11,13H2,1H3,(H2,23,25,28). The van der Waals surface area contributed by atoms with E-state index in [1.54, 1.807) is 11.3 Å². The molecule has 8 heteroatoms. The number of amides is 3. The minimum absolute atomic E-state index is 0.0149. The number of piperidine rings is 1. The summed E-state index contributed by atoms with van der Waals surface area (Å²) in [6.07, 6.45) is 2.92. The number of aromatic nitrogens is 1. The number of aryl methyl sites for hydroxylation is 1. The molecular weight excluding hydrogens is 416 g/mol. The third-order valence-electron chi connectivity index (χ3n) is 5.18. The molecule has 30 heavy (non-hydrogen) atoms. The van der Waals surface area contributed by atoms with E-state index in [1.807, 2.05) is 59.0 Å². The van der Waals surface area contributed by atoms with Gasteiger partial charge in [-0.25, -0.2) is 9.78 Å². The summed E-state index contributed by atoms with van der Waals surface area (Å²) in [6, 6.07) is 11.1. The maximum atomic E-state index is 13.3. The first-order valence-corrected chi connectivity index (χ1v) is 11.8. The second-order valence-corrected chi connectivity index (χ2v) is 9.07. The van der Waals surface area contributed by atoms with Crippen LogP contribution in [0.3, 0.4) is 0 Å². The number of urea groups is 1. The Morgan fingerprint density at radius 2 is 2.03 bits per heavy atom. The number of nitrogens with zero attached hydrogens (tertiary/aromatic N) is 2. The van der Waals surface area contributed by atoms with E-state index in [1.165, 1.54) is 11.3 Å². The summed E-state index contributed by atoms with van der Waals surface area (Å²) in [5, 5.41) is 10.7. The second-order valence-electron chi connectivity index (χ2n) is 7.29. The average molecular weight is 441 g/mol. The molecule has 1 aliphatic rings. The fourth-order valence-electron chi connectivity index (χ4n) is 3.62. The number of benzene rings is 1. The highest BCUT2D eigenvalue weighted by atomic mass is 32.1. The lowest BCUT2D eigenvalue weighted by Crippen LogP contribution is -2.50. The number of para-hydroxylation sites is 1. The number of hydrogen-bond acceptors (Lipinski definition) is 5. The van der Waals surface area contributed by atoms with Gasteiger partial charge in [0.2, 0.25) is 0 Å². The Morgan fingerprint density at radius 1 is 1.20 bits per heavy atom. The molecule has 3 heterocycles. The Hall–Kier alpha value is -2.71. The van der Waals surface area contributed by atoms with Crippen LogP contribution in [-0.2, 0) is 0 Å². The Balaban J connectivity index is 1.42. The van der Waals surface area contributed by atoms with Crippen LogP contribution in [-0.4, -0.2) is 41.0 Å². The van der Waals surface area contributed by atoms with Crippen molar-refractivity contribution < 1.29 is 9.59 Å². The highest BCUT2D eigenvalue weighted by molar-refractivity contribution is 7.17. The molecule has 3 aromatic rings. The summed E-state index contributed by atoms with van der Waals surface area (Å²) >= 11 is 3.07. The SMILES string of the molecule is Cc1nc(-c2ccsc2)sc1C(=O)N1CCCCC1CNC(=O)Nc1ccccc1. The molecule has 2 N–H and O–H groups in total. The Morgan fingerprint density at radius 3 is 2.80 bits per heavy atom. The molecule has 1 fully saturated rings. The van der Waals surface area contributed by atoms with Crippen LogP contribution in [0.1, 0.15) is 34.6 Å². The highest BCUT2D eigenvalue weighted by Crippen LogP contribution is 2.31. The molecule has 1 aromatic carbocycles. The van der Waals surface area contributed by atoms with Crippen LogP contribution in [0.15, 0.2) is 47.2 Å². The summed E-state index contributed by atoms with van der Waals surface area (Å²) in [6.45, 7) is 3.03. The van der Waals surface area contributed by atoms with Gasteiger partial charge in [0.1, 0.15) is 9.88 Å². The quantitative estimate of drug-likeness (QED) is 0.586. The smallest absolute Gasteiger partial charge is 0.319 e. The van der Waals surface area contributed by atoms with Crippen LogP contribution in [0.25, 0.3) is 10.6 Å². The van der Waals surface area contributed by atoms with Gasteiger partial charge >= 0.3 is 6.03 Å². The number of likely N-dealkylation sites (tertiary alicyclic amines) is 1. The summed E-state index contributed by atoms with van der Waals surface area (Å²) in [7, 11) is 0. The van der Waals surface area contributed by atoms with E-state index in [2.05, 4.69) is 15.6 Å². The van der Waals surface area contributed by atoms with Crippen molar-refractivity contribution in [2.24, 2.45) is 0 Å². The maximum absolute atomic E-state index is 13.3. The first-order chi connectivity index (χ1) is 14.6. The van der Waals surface area contributed by atoms with Crippen LogP contribution in [0.5, 0.6) is 0 Å². The van der Waals surface area contributed by atoms with E-state index in [0.717, 1.165) is 41.2 Å². The van der Waals surface area contributed by atoms with Gasteiger partial charge in [-0.15, -0.1) is 11.3 Å². The Bertz CT molecular complexity index is 1000. The second kappa shape index (κ2) is 9.40. The number of carbonyl (C=O) groups excluding carboxylic acids is 2. The zero-order chi connectivity index (χ0) is 20.9. The van der Waals surface area contributed by atoms with Gasteiger partial charge in [0, 0.05) is 35.8 Å². The lowest BCUT2D eigenvalue weighted by molar-refractivity contribution is 0.0619. The molecule has 0 spiro atoms. The molecule has 4 rings (SSSR count). The zero-order valence-corrected chi connectivity index (χ0v) is 18.4. The van der Waals surface area contributed by atoms with Crippen molar-refractivity contribution >= 4 is 40.3 Å². The molecule has 1 aliphatic heterocycles. The molecule has 2 aromatic heterocycles. The van der Waals surface area contributed by atoms with Crippen LogP contribution in [0.4, 0.5) is 10.5 Å². The van der Waals surface area contributed by atoms with Gasteiger partial charge in [0.15, 0.2) is 0 Å². The Labute approximate surface area is 184 Å². The monoisotopic (exact) mass is 440 g/mol. The van der Waals surface area contributed by atoms with Crippen LogP contribution in [0.2, 0.25) is 0 Å². The molecule has 3 amide bonds. The first-order valence-electron chi connectivity index (χ1n) is 10.0. The van der Waals surface area contributed by atoms with Crippen molar-refractivity contribution in [1.82, 2.24) is 15.2 Å². The lowest BCUT2D eigenvalue weighted by atomic mass is 10.0. The molecule has 156 valence electrons. The number of nitrogens with one attached hydrogen (secondary N) is 2. The van der Waals surface area contributed by atoms with E-state index in [0.29, 0.717) is 18.0 Å². The van der Waals surface area contributed by atoms with Crippen molar-refractivity contribution in [3.63, 3.8) is 0 Å². The van der Waals surface area contributed by atoms with Crippen molar-refractivity contribution in [3.8, 4) is 10.6 Å². The summed E-state index contributed by atoms with van der Waals surface area (Å²) in [5.41, 5.74) is 2.57. The summed E-state index contributed by atoms with van der Waals surface area (Å²) in [4.78, 5) is 32.8. The summed E-state index contributed by atoms with van der Waals surface area (Å²) < 4.78 is 0. The molecule has 1 atom stereocenters. The topological polar surface area (TPSA) is 74.3 Å². The van der Waals surface area contributed by atoms with E-state index in [4.69, 9.17) is 0 Å². The van der Waals surface area contributed by atoms with Gasteiger partial charge in [0.05, 0.1) is 5.69 Å².